The number of carbonyl (C=O) groups is 1. The molecule has 4 heteroatoms. The maximum Gasteiger partial charge on any atom is 0.183 e. The molecule has 1 saturated carbocycles. The molecule has 1 fully saturated rings. The number of hydrogen-bond acceptors (Lipinski definition) is 3. The van der Waals surface area contributed by atoms with Gasteiger partial charge < -0.3 is 14.6 Å². The molecule has 0 saturated heterocycles. The SMILES string of the molecule is COc1ccc(NCC(=O)c2cc(C)n(C3CC3)c2C)cc1. The predicted molar refractivity (Wildman–Crippen MR) is 88.0 cm³/mol. The summed E-state index contributed by atoms with van der Waals surface area (Å²) in [5, 5.41) is 3.18. The van der Waals surface area contributed by atoms with Gasteiger partial charge in [0.2, 0.25) is 0 Å². The third-order valence-corrected chi connectivity index (χ3v) is 4.24. The number of rotatable bonds is 6. The van der Waals surface area contributed by atoms with Gasteiger partial charge in [-0.2, -0.15) is 0 Å². The van der Waals surface area contributed by atoms with E-state index in [0.29, 0.717) is 12.6 Å². The topological polar surface area (TPSA) is 43.3 Å². The standard InChI is InChI=1S/C18H22N2O2/c1-12-10-17(13(2)20(12)15-6-7-15)18(21)11-19-14-4-8-16(22-3)9-5-14/h4-5,8-10,15,19H,6-7,11H2,1-3H3. The monoisotopic (exact) mass is 298 g/mol. The molecule has 1 aromatic carbocycles. The van der Waals surface area contributed by atoms with E-state index in [2.05, 4.69) is 16.8 Å². The fraction of sp³-hybridized carbons (Fsp3) is 0.389. The number of nitrogens with zero attached hydrogens (tertiary/aromatic N) is 1. The van der Waals surface area contributed by atoms with Crippen LogP contribution in [-0.2, 0) is 0 Å². The molecule has 116 valence electrons. The van der Waals surface area contributed by atoms with Crippen molar-refractivity contribution >= 4 is 11.5 Å². The highest BCUT2D eigenvalue weighted by atomic mass is 16.5. The number of benzene rings is 1. The molecule has 4 nitrogen and oxygen atoms in total. The molecule has 1 aliphatic carbocycles. The van der Waals surface area contributed by atoms with Gasteiger partial charge in [-0.05, 0) is 57.0 Å². The molecular formula is C18H22N2O2. The van der Waals surface area contributed by atoms with Gasteiger partial charge in [-0.15, -0.1) is 0 Å². The zero-order chi connectivity index (χ0) is 15.7. The van der Waals surface area contributed by atoms with Gasteiger partial charge in [0.15, 0.2) is 5.78 Å². The van der Waals surface area contributed by atoms with Gasteiger partial charge in [0.05, 0.1) is 13.7 Å². The summed E-state index contributed by atoms with van der Waals surface area (Å²) in [6.07, 6.45) is 2.46. The average Bonchev–Trinajstić information content (AvgIpc) is 3.31. The molecule has 0 bridgehead atoms. The van der Waals surface area contributed by atoms with Crippen LogP contribution < -0.4 is 10.1 Å². The molecule has 1 aliphatic rings. The van der Waals surface area contributed by atoms with Crippen LogP contribution in [0.3, 0.4) is 0 Å². The number of anilines is 1. The Kier molecular flexibility index (Phi) is 3.92. The molecule has 1 N–H and O–H groups in total. The van der Waals surface area contributed by atoms with E-state index in [1.165, 1.54) is 18.5 Å². The quantitative estimate of drug-likeness (QED) is 0.826. The van der Waals surface area contributed by atoms with Gasteiger partial charge in [-0.25, -0.2) is 0 Å². The van der Waals surface area contributed by atoms with Crippen molar-refractivity contribution in [1.29, 1.82) is 0 Å². The summed E-state index contributed by atoms with van der Waals surface area (Å²) >= 11 is 0. The van der Waals surface area contributed by atoms with E-state index in [9.17, 15) is 4.79 Å². The van der Waals surface area contributed by atoms with Crippen molar-refractivity contribution < 1.29 is 9.53 Å². The number of aryl methyl sites for hydroxylation is 1. The Balaban J connectivity index is 1.68. The summed E-state index contributed by atoms with van der Waals surface area (Å²) in [5.74, 6) is 0.945. The van der Waals surface area contributed by atoms with Gasteiger partial charge >= 0.3 is 0 Å². The Morgan fingerprint density at radius 2 is 1.95 bits per heavy atom. The maximum absolute atomic E-state index is 12.5. The Hall–Kier alpha value is -2.23. The molecule has 0 radical (unpaired) electrons. The third-order valence-electron chi connectivity index (χ3n) is 4.24. The minimum absolute atomic E-state index is 0.135. The maximum atomic E-state index is 12.5. The third kappa shape index (κ3) is 2.86. The van der Waals surface area contributed by atoms with Gasteiger partial charge in [0.25, 0.3) is 0 Å². The van der Waals surface area contributed by atoms with Crippen LogP contribution in [0.2, 0.25) is 0 Å². The molecule has 2 aromatic rings. The van der Waals surface area contributed by atoms with E-state index >= 15 is 0 Å². The Labute approximate surface area is 131 Å². The van der Waals surface area contributed by atoms with E-state index in [-0.39, 0.29) is 5.78 Å². The Morgan fingerprint density at radius 1 is 1.27 bits per heavy atom. The number of methoxy groups -OCH3 is 1. The Morgan fingerprint density at radius 3 is 2.55 bits per heavy atom. The number of nitrogens with one attached hydrogen (secondary N) is 1. The summed E-state index contributed by atoms with van der Waals surface area (Å²) < 4.78 is 7.43. The molecule has 0 unspecified atom stereocenters. The lowest BCUT2D eigenvalue weighted by Crippen LogP contribution is -2.15. The summed E-state index contributed by atoms with van der Waals surface area (Å²) in [4.78, 5) is 12.5. The van der Waals surface area contributed by atoms with Gasteiger partial charge in [-0.1, -0.05) is 0 Å². The van der Waals surface area contributed by atoms with Crippen LogP contribution in [0.25, 0.3) is 0 Å². The Bertz CT molecular complexity index is 682. The average molecular weight is 298 g/mol. The highest BCUT2D eigenvalue weighted by Crippen LogP contribution is 2.38. The van der Waals surface area contributed by atoms with Crippen LogP contribution in [0, 0.1) is 13.8 Å². The molecule has 0 spiro atoms. The van der Waals surface area contributed by atoms with Crippen molar-refractivity contribution in [3.05, 3.63) is 47.3 Å². The van der Waals surface area contributed by atoms with Crippen molar-refractivity contribution in [3.8, 4) is 5.75 Å². The van der Waals surface area contributed by atoms with Crippen LogP contribution in [-0.4, -0.2) is 24.0 Å². The van der Waals surface area contributed by atoms with Crippen LogP contribution in [0.5, 0.6) is 5.75 Å². The lowest BCUT2D eigenvalue weighted by molar-refractivity contribution is 0.101. The normalized spacial score (nSPS) is 14.0. The van der Waals surface area contributed by atoms with Gasteiger partial charge in [0.1, 0.15) is 5.75 Å². The van der Waals surface area contributed by atoms with E-state index in [1.54, 1.807) is 7.11 Å². The van der Waals surface area contributed by atoms with Crippen molar-refractivity contribution in [2.24, 2.45) is 0 Å². The second-order valence-electron chi connectivity index (χ2n) is 5.89. The second-order valence-corrected chi connectivity index (χ2v) is 5.89. The van der Waals surface area contributed by atoms with Crippen LogP contribution >= 0.6 is 0 Å². The molecule has 1 aromatic heterocycles. The number of carbonyl (C=O) groups excluding carboxylic acids is 1. The lowest BCUT2D eigenvalue weighted by atomic mass is 10.1. The molecule has 0 amide bonds. The number of ether oxygens (including phenoxy) is 1. The van der Waals surface area contributed by atoms with E-state index in [4.69, 9.17) is 4.74 Å². The van der Waals surface area contributed by atoms with Gasteiger partial charge in [-0.3, -0.25) is 4.79 Å². The minimum atomic E-state index is 0.135. The van der Waals surface area contributed by atoms with Crippen molar-refractivity contribution in [3.63, 3.8) is 0 Å². The van der Waals surface area contributed by atoms with E-state index < -0.39 is 0 Å². The summed E-state index contributed by atoms with van der Waals surface area (Å²) in [5.41, 5.74) is 4.05. The summed E-state index contributed by atoms with van der Waals surface area (Å²) in [7, 11) is 1.64. The number of Topliss-reactive ketones (excluding diaryl/α,β-unsaturated/α-hetero) is 1. The summed E-state index contributed by atoms with van der Waals surface area (Å²) in [6.45, 7) is 4.44. The second kappa shape index (κ2) is 5.87. The van der Waals surface area contributed by atoms with E-state index in [0.717, 1.165) is 22.7 Å². The smallest absolute Gasteiger partial charge is 0.183 e. The van der Waals surface area contributed by atoms with E-state index in [1.807, 2.05) is 37.3 Å². The van der Waals surface area contributed by atoms with Crippen LogP contribution in [0.1, 0.15) is 40.6 Å². The first kappa shape index (κ1) is 14.7. The number of aromatic nitrogens is 1. The predicted octanol–water partition coefficient (Wildman–Crippen LogP) is 3.74. The zero-order valence-corrected chi connectivity index (χ0v) is 13.3. The molecule has 3 rings (SSSR count). The number of ketones is 1. The zero-order valence-electron chi connectivity index (χ0n) is 13.3. The molecule has 1 heterocycles. The minimum Gasteiger partial charge on any atom is -0.497 e. The van der Waals surface area contributed by atoms with Crippen LogP contribution in [0.15, 0.2) is 30.3 Å². The molecule has 22 heavy (non-hydrogen) atoms. The lowest BCUT2D eigenvalue weighted by Gasteiger charge is -2.09. The first-order valence-corrected chi connectivity index (χ1v) is 7.69. The van der Waals surface area contributed by atoms with Crippen molar-refractivity contribution in [2.75, 3.05) is 19.0 Å². The highest BCUT2D eigenvalue weighted by molar-refractivity contribution is 6.00. The first-order chi connectivity index (χ1) is 10.6. The molecular weight excluding hydrogens is 276 g/mol. The number of hydrogen-bond donors (Lipinski definition) is 1. The van der Waals surface area contributed by atoms with Gasteiger partial charge in [0, 0.05) is 28.7 Å². The fourth-order valence-corrected chi connectivity index (χ4v) is 2.94. The first-order valence-electron chi connectivity index (χ1n) is 7.69. The highest BCUT2D eigenvalue weighted by Gasteiger charge is 2.28. The molecule has 0 aliphatic heterocycles. The van der Waals surface area contributed by atoms with Crippen molar-refractivity contribution in [2.45, 2.75) is 32.7 Å². The van der Waals surface area contributed by atoms with Crippen LogP contribution in [0.4, 0.5) is 5.69 Å². The van der Waals surface area contributed by atoms with Crippen molar-refractivity contribution in [1.82, 2.24) is 4.57 Å². The molecule has 0 atom stereocenters. The summed E-state index contributed by atoms with van der Waals surface area (Å²) in [6, 6.07) is 10.2. The fourth-order valence-electron chi connectivity index (χ4n) is 2.94. The largest absolute Gasteiger partial charge is 0.497 e.